The number of phenolic OH excluding ortho intramolecular Hbond substituents is 1. The number of rotatable bonds is 5. The van der Waals surface area contributed by atoms with E-state index in [1.807, 2.05) is 0 Å². The summed E-state index contributed by atoms with van der Waals surface area (Å²) in [6.45, 7) is 1.78. The number of aromatic hydroxyl groups is 1. The number of aryl methyl sites for hydroxylation is 1. The molecule has 1 unspecified atom stereocenters. The average molecular weight is 289 g/mol. The van der Waals surface area contributed by atoms with Gasteiger partial charge in [0.15, 0.2) is 0 Å². The van der Waals surface area contributed by atoms with Crippen LogP contribution in [0.2, 0.25) is 0 Å². The number of amides is 1. The first kappa shape index (κ1) is 14.6. The fourth-order valence-electron chi connectivity index (χ4n) is 1.89. The maximum atomic E-state index is 12.1. The van der Waals surface area contributed by atoms with Crippen molar-refractivity contribution in [3.8, 4) is 5.75 Å². The van der Waals surface area contributed by atoms with Crippen molar-refractivity contribution < 1.29 is 19.8 Å². The predicted molar refractivity (Wildman–Crippen MR) is 74.0 cm³/mol. The van der Waals surface area contributed by atoms with Gasteiger partial charge in [-0.3, -0.25) is 4.79 Å². The lowest BCUT2D eigenvalue weighted by Crippen LogP contribution is -2.42. The molecule has 110 valence electrons. The number of H-pyrrole nitrogens is 1. The normalized spacial score (nSPS) is 11.9. The van der Waals surface area contributed by atoms with Gasteiger partial charge < -0.3 is 20.5 Å². The molecule has 0 spiro atoms. The van der Waals surface area contributed by atoms with Crippen molar-refractivity contribution in [2.75, 3.05) is 0 Å². The first-order chi connectivity index (χ1) is 9.97. The Hall–Kier alpha value is -2.83. The number of nitrogens with one attached hydrogen (secondary N) is 2. The van der Waals surface area contributed by atoms with Gasteiger partial charge >= 0.3 is 5.97 Å². The number of nitrogens with zero attached hydrogens (tertiary/aromatic N) is 1. The lowest BCUT2D eigenvalue weighted by Gasteiger charge is -2.14. The zero-order valence-electron chi connectivity index (χ0n) is 11.3. The molecule has 1 aromatic carbocycles. The van der Waals surface area contributed by atoms with E-state index in [1.54, 1.807) is 13.0 Å². The van der Waals surface area contributed by atoms with Crippen LogP contribution in [0.5, 0.6) is 5.75 Å². The molecule has 0 aliphatic carbocycles. The summed E-state index contributed by atoms with van der Waals surface area (Å²) < 4.78 is 0. The van der Waals surface area contributed by atoms with E-state index in [0.29, 0.717) is 5.69 Å². The number of hydrogen-bond donors (Lipinski definition) is 4. The van der Waals surface area contributed by atoms with Crippen LogP contribution in [0.3, 0.4) is 0 Å². The third kappa shape index (κ3) is 3.59. The summed E-state index contributed by atoms with van der Waals surface area (Å²) in [5.74, 6) is -1.98. The van der Waals surface area contributed by atoms with Gasteiger partial charge in [-0.05, 0) is 24.6 Å². The smallest absolute Gasteiger partial charge is 0.326 e. The number of aliphatic carboxylic acids is 1. The van der Waals surface area contributed by atoms with Gasteiger partial charge in [0.2, 0.25) is 0 Å². The van der Waals surface area contributed by atoms with E-state index in [9.17, 15) is 14.7 Å². The Morgan fingerprint density at radius 2 is 2.19 bits per heavy atom. The summed E-state index contributed by atoms with van der Waals surface area (Å²) >= 11 is 0. The van der Waals surface area contributed by atoms with E-state index in [2.05, 4.69) is 15.3 Å². The van der Waals surface area contributed by atoms with Gasteiger partial charge in [-0.2, -0.15) is 0 Å². The second-order valence-electron chi connectivity index (χ2n) is 4.67. The Bertz CT molecular complexity index is 652. The van der Waals surface area contributed by atoms with Gasteiger partial charge in [0.05, 0.1) is 11.9 Å². The van der Waals surface area contributed by atoms with Gasteiger partial charge in [-0.1, -0.05) is 6.07 Å². The number of benzene rings is 1. The number of aromatic amines is 1. The number of carbonyl (C=O) groups is 2. The first-order valence-corrected chi connectivity index (χ1v) is 6.28. The molecule has 7 nitrogen and oxygen atoms in total. The van der Waals surface area contributed by atoms with Crippen LogP contribution in [0.15, 0.2) is 30.7 Å². The molecular weight excluding hydrogens is 274 g/mol. The van der Waals surface area contributed by atoms with Crippen LogP contribution in [0.1, 0.15) is 21.6 Å². The Balaban J connectivity index is 2.12. The van der Waals surface area contributed by atoms with Crippen molar-refractivity contribution in [2.45, 2.75) is 19.4 Å². The minimum Gasteiger partial charge on any atom is -0.507 e. The molecule has 0 radical (unpaired) electrons. The molecular formula is C14H15N3O4. The molecule has 0 bridgehead atoms. The molecule has 0 saturated heterocycles. The molecule has 1 aromatic heterocycles. The number of carbonyl (C=O) groups excluding carboxylic acids is 1. The standard InChI is InChI=1S/C14H15N3O4/c1-8-2-3-10(12(18)4-8)13(19)17-11(14(20)21)5-9-6-15-7-16-9/h2-4,6-7,11,18H,5H2,1H3,(H,15,16)(H,17,19)(H,20,21). The second kappa shape index (κ2) is 6.08. The van der Waals surface area contributed by atoms with E-state index >= 15 is 0 Å². The SMILES string of the molecule is Cc1ccc(C(=O)NC(Cc2cnc[nH]2)C(=O)O)c(O)c1. The van der Waals surface area contributed by atoms with Crippen molar-refractivity contribution in [3.63, 3.8) is 0 Å². The van der Waals surface area contributed by atoms with Crippen LogP contribution in [0.4, 0.5) is 0 Å². The zero-order chi connectivity index (χ0) is 15.4. The number of hydrogen-bond acceptors (Lipinski definition) is 4. The van der Waals surface area contributed by atoms with E-state index < -0.39 is 17.9 Å². The van der Waals surface area contributed by atoms with E-state index in [4.69, 9.17) is 5.11 Å². The molecule has 2 rings (SSSR count). The Morgan fingerprint density at radius 3 is 2.76 bits per heavy atom. The Labute approximate surface area is 120 Å². The van der Waals surface area contributed by atoms with Crippen LogP contribution < -0.4 is 5.32 Å². The third-order valence-corrected chi connectivity index (χ3v) is 2.98. The van der Waals surface area contributed by atoms with E-state index in [0.717, 1.165) is 5.56 Å². The number of imidazole rings is 1. The van der Waals surface area contributed by atoms with Gasteiger partial charge in [0, 0.05) is 18.3 Å². The number of aromatic nitrogens is 2. The van der Waals surface area contributed by atoms with Crippen LogP contribution in [0, 0.1) is 6.92 Å². The van der Waals surface area contributed by atoms with Gasteiger partial charge in [-0.25, -0.2) is 9.78 Å². The largest absolute Gasteiger partial charge is 0.507 e. The highest BCUT2D eigenvalue weighted by molar-refractivity contribution is 5.98. The van der Waals surface area contributed by atoms with Crippen molar-refractivity contribution in [2.24, 2.45) is 0 Å². The average Bonchev–Trinajstić information content (AvgIpc) is 2.90. The van der Waals surface area contributed by atoms with Crippen LogP contribution in [0.25, 0.3) is 0 Å². The fraction of sp³-hybridized carbons (Fsp3) is 0.214. The minimum absolute atomic E-state index is 0.0384. The van der Waals surface area contributed by atoms with E-state index in [1.165, 1.54) is 24.7 Å². The molecule has 0 fully saturated rings. The number of phenols is 1. The first-order valence-electron chi connectivity index (χ1n) is 6.28. The molecule has 4 N–H and O–H groups in total. The van der Waals surface area contributed by atoms with Crippen molar-refractivity contribution in [1.82, 2.24) is 15.3 Å². The van der Waals surface area contributed by atoms with Crippen molar-refractivity contribution >= 4 is 11.9 Å². The molecule has 1 atom stereocenters. The molecule has 0 aliphatic rings. The highest BCUT2D eigenvalue weighted by Gasteiger charge is 2.23. The van der Waals surface area contributed by atoms with Crippen LogP contribution >= 0.6 is 0 Å². The molecule has 1 amide bonds. The molecule has 7 heteroatoms. The van der Waals surface area contributed by atoms with Gasteiger partial charge in [0.25, 0.3) is 5.91 Å². The Kier molecular flexibility index (Phi) is 4.22. The monoisotopic (exact) mass is 289 g/mol. The molecule has 0 aliphatic heterocycles. The zero-order valence-corrected chi connectivity index (χ0v) is 11.3. The summed E-state index contributed by atoms with van der Waals surface area (Å²) in [4.78, 5) is 29.9. The topological polar surface area (TPSA) is 115 Å². The lowest BCUT2D eigenvalue weighted by atomic mass is 10.1. The van der Waals surface area contributed by atoms with Crippen LogP contribution in [-0.4, -0.2) is 38.1 Å². The fourth-order valence-corrected chi connectivity index (χ4v) is 1.89. The highest BCUT2D eigenvalue weighted by atomic mass is 16.4. The highest BCUT2D eigenvalue weighted by Crippen LogP contribution is 2.18. The molecule has 0 saturated carbocycles. The lowest BCUT2D eigenvalue weighted by molar-refractivity contribution is -0.139. The summed E-state index contributed by atoms with van der Waals surface area (Å²) in [5, 5.41) is 21.3. The molecule has 21 heavy (non-hydrogen) atoms. The summed E-state index contributed by atoms with van der Waals surface area (Å²) in [6, 6.07) is 3.45. The van der Waals surface area contributed by atoms with Crippen molar-refractivity contribution in [3.05, 3.63) is 47.5 Å². The Morgan fingerprint density at radius 1 is 1.43 bits per heavy atom. The third-order valence-electron chi connectivity index (χ3n) is 2.98. The van der Waals surface area contributed by atoms with E-state index in [-0.39, 0.29) is 17.7 Å². The van der Waals surface area contributed by atoms with Gasteiger partial charge in [-0.15, -0.1) is 0 Å². The van der Waals surface area contributed by atoms with Crippen molar-refractivity contribution in [1.29, 1.82) is 0 Å². The number of carboxylic acids is 1. The maximum absolute atomic E-state index is 12.1. The predicted octanol–water partition coefficient (Wildman–Crippen LogP) is 0.849. The van der Waals surface area contributed by atoms with Gasteiger partial charge in [0.1, 0.15) is 11.8 Å². The minimum atomic E-state index is -1.16. The van der Waals surface area contributed by atoms with Crippen LogP contribution in [-0.2, 0) is 11.2 Å². The molecule has 2 aromatic rings. The maximum Gasteiger partial charge on any atom is 0.326 e. The molecule has 1 heterocycles. The summed E-state index contributed by atoms with van der Waals surface area (Å²) in [5.41, 5.74) is 1.43. The number of carboxylic acid groups (broad SMARTS) is 1. The second-order valence-corrected chi connectivity index (χ2v) is 4.67. The summed E-state index contributed by atoms with van der Waals surface area (Å²) in [7, 11) is 0. The quantitative estimate of drug-likeness (QED) is 0.651. The summed E-state index contributed by atoms with van der Waals surface area (Å²) in [6.07, 6.45) is 3.00.